The molecule has 41 heavy (non-hydrogen) atoms. The highest BCUT2D eigenvalue weighted by Gasteiger charge is 2.34. The lowest BCUT2D eigenvalue weighted by Gasteiger charge is -2.26. The van der Waals surface area contributed by atoms with Gasteiger partial charge in [0.2, 0.25) is 0 Å². The number of rotatable bonds is 6. The minimum absolute atomic E-state index is 0.834. The molecule has 0 unspecified atom stereocenters. The molecular weight excluding hydrogens is 535 g/mol. The number of benzene rings is 7. The molecule has 0 spiro atoms. The van der Waals surface area contributed by atoms with Crippen molar-refractivity contribution in [2.75, 3.05) is 0 Å². The normalized spacial score (nSPS) is 11.6. The van der Waals surface area contributed by atoms with Crippen LogP contribution in [0.3, 0.4) is 0 Å². The molecule has 3 heteroatoms. The van der Waals surface area contributed by atoms with Crippen LogP contribution in [0.5, 0.6) is 0 Å². The highest BCUT2D eigenvalue weighted by atomic mass is 32.2. The van der Waals surface area contributed by atoms with Crippen molar-refractivity contribution in [3.8, 4) is 11.1 Å². The molecule has 0 N–H and O–H groups in total. The fourth-order valence-electron chi connectivity index (χ4n) is 5.70. The second-order valence-corrected chi connectivity index (χ2v) is 13.9. The Kier molecular flexibility index (Phi) is 6.80. The van der Waals surface area contributed by atoms with Gasteiger partial charge < -0.3 is 4.57 Å². The van der Waals surface area contributed by atoms with Gasteiger partial charge in [0.25, 0.3) is 0 Å². The Balaban J connectivity index is 1.64. The molecule has 0 bridgehead atoms. The van der Waals surface area contributed by atoms with Gasteiger partial charge in [0.15, 0.2) is 7.14 Å². The topological polar surface area (TPSA) is 17.1 Å². The smallest absolute Gasteiger partial charge is 0.171 e. The van der Waals surface area contributed by atoms with Gasteiger partial charge in [-0.25, -0.2) is 0 Å². The summed E-state index contributed by atoms with van der Waals surface area (Å²) in [6.07, 6.45) is 0. The minimum Gasteiger partial charge on any atom is -0.309 e. The first kappa shape index (κ1) is 25.6. The summed E-state index contributed by atoms with van der Waals surface area (Å²) in [5.41, 5.74) is 2.16. The highest BCUT2D eigenvalue weighted by Crippen LogP contribution is 2.50. The summed E-state index contributed by atoms with van der Waals surface area (Å²) in [4.78, 5) is 2.31. The highest BCUT2D eigenvalue weighted by molar-refractivity contribution is 7.99. The monoisotopic (exact) mass is 562 g/mol. The van der Waals surface area contributed by atoms with Crippen LogP contribution in [0, 0.1) is 0 Å². The van der Waals surface area contributed by atoms with Crippen molar-refractivity contribution < 1.29 is 4.57 Å². The molecule has 0 heterocycles. The van der Waals surface area contributed by atoms with Crippen LogP contribution >= 0.6 is 18.9 Å². The van der Waals surface area contributed by atoms with Gasteiger partial charge in [0, 0.05) is 36.8 Å². The standard InChI is InChI=1S/C38H27OPS/c39-40(30-16-4-1-5-17-30,31-18-6-2-7-19-31)35-26-24-28-14-10-12-22-33(28)37(35)38-34-23-13-11-15-29(34)25-27-36(38)41-32-20-8-3-9-21-32/h1-27H. The lowest BCUT2D eigenvalue weighted by atomic mass is 9.94. The molecule has 0 saturated heterocycles. The molecule has 0 amide bonds. The van der Waals surface area contributed by atoms with Gasteiger partial charge in [0.1, 0.15) is 0 Å². The van der Waals surface area contributed by atoms with Gasteiger partial charge in [-0.3, -0.25) is 0 Å². The van der Waals surface area contributed by atoms with Gasteiger partial charge in [-0.05, 0) is 45.8 Å². The van der Waals surface area contributed by atoms with Crippen LogP contribution in [0.4, 0.5) is 0 Å². The third kappa shape index (κ3) is 4.60. The summed E-state index contributed by atoms with van der Waals surface area (Å²) in [5.74, 6) is 0. The summed E-state index contributed by atoms with van der Waals surface area (Å²) < 4.78 is 15.9. The van der Waals surface area contributed by atoms with Crippen molar-refractivity contribution >= 4 is 56.4 Å². The molecule has 0 atom stereocenters. The summed E-state index contributed by atoms with van der Waals surface area (Å²) in [6.45, 7) is 0. The summed E-state index contributed by atoms with van der Waals surface area (Å²) in [6, 6.07) is 56.1. The van der Waals surface area contributed by atoms with Crippen molar-refractivity contribution in [2.45, 2.75) is 9.79 Å². The van der Waals surface area contributed by atoms with Crippen LogP contribution in [-0.4, -0.2) is 0 Å². The van der Waals surface area contributed by atoms with E-state index in [1.165, 1.54) is 4.90 Å². The van der Waals surface area contributed by atoms with Crippen LogP contribution in [-0.2, 0) is 4.57 Å². The number of hydrogen-bond acceptors (Lipinski definition) is 2. The average molecular weight is 563 g/mol. The fourth-order valence-corrected chi connectivity index (χ4v) is 9.57. The predicted molar refractivity (Wildman–Crippen MR) is 177 cm³/mol. The Labute approximate surface area is 244 Å². The van der Waals surface area contributed by atoms with Gasteiger partial charge in [-0.2, -0.15) is 0 Å². The van der Waals surface area contributed by atoms with Crippen molar-refractivity contribution in [1.82, 2.24) is 0 Å². The maximum Gasteiger partial charge on any atom is 0.171 e. The molecule has 1 nitrogen and oxygen atoms in total. The Morgan fingerprint density at radius 1 is 0.415 bits per heavy atom. The van der Waals surface area contributed by atoms with Crippen molar-refractivity contribution in [2.24, 2.45) is 0 Å². The van der Waals surface area contributed by atoms with Crippen LogP contribution in [0.2, 0.25) is 0 Å². The van der Waals surface area contributed by atoms with E-state index in [-0.39, 0.29) is 0 Å². The van der Waals surface area contributed by atoms with E-state index in [1.54, 1.807) is 11.8 Å². The van der Waals surface area contributed by atoms with E-state index in [0.717, 1.165) is 53.5 Å². The Bertz CT molecular complexity index is 1990. The van der Waals surface area contributed by atoms with Crippen LogP contribution in [0.25, 0.3) is 32.7 Å². The third-order valence-corrected chi connectivity index (χ3v) is 11.8. The molecular formula is C38H27OPS. The van der Waals surface area contributed by atoms with E-state index in [4.69, 9.17) is 0 Å². The van der Waals surface area contributed by atoms with E-state index < -0.39 is 7.14 Å². The Hall–Kier alpha value is -4.36. The first-order chi connectivity index (χ1) is 20.2. The van der Waals surface area contributed by atoms with Crippen molar-refractivity contribution in [3.63, 3.8) is 0 Å². The van der Waals surface area contributed by atoms with Gasteiger partial charge >= 0.3 is 0 Å². The molecule has 7 aromatic rings. The van der Waals surface area contributed by atoms with E-state index >= 15 is 4.57 Å². The van der Waals surface area contributed by atoms with E-state index in [0.29, 0.717) is 0 Å². The largest absolute Gasteiger partial charge is 0.309 e. The summed E-state index contributed by atoms with van der Waals surface area (Å²) in [5, 5.41) is 7.07. The average Bonchev–Trinajstić information content (AvgIpc) is 3.05. The van der Waals surface area contributed by atoms with Crippen molar-refractivity contribution in [3.05, 3.63) is 164 Å². The number of hydrogen-bond donors (Lipinski definition) is 0. The molecule has 0 radical (unpaired) electrons. The van der Waals surface area contributed by atoms with E-state index in [9.17, 15) is 0 Å². The first-order valence-corrected chi connectivity index (χ1v) is 16.2. The third-order valence-electron chi connectivity index (χ3n) is 7.60. The quantitative estimate of drug-likeness (QED) is 0.188. The van der Waals surface area contributed by atoms with Crippen LogP contribution in [0.15, 0.2) is 174 Å². The van der Waals surface area contributed by atoms with Gasteiger partial charge in [-0.1, -0.05) is 151 Å². The zero-order valence-corrected chi connectivity index (χ0v) is 24.1. The summed E-state index contributed by atoms with van der Waals surface area (Å²) >= 11 is 1.75. The molecule has 0 aliphatic heterocycles. The summed E-state index contributed by atoms with van der Waals surface area (Å²) in [7, 11) is -3.27. The minimum atomic E-state index is -3.27. The van der Waals surface area contributed by atoms with E-state index in [1.807, 2.05) is 66.7 Å². The lowest BCUT2D eigenvalue weighted by Crippen LogP contribution is -2.26. The van der Waals surface area contributed by atoms with Crippen molar-refractivity contribution in [1.29, 1.82) is 0 Å². The maximum atomic E-state index is 15.9. The molecule has 196 valence electrons. The Morgan fingerprint density at radius 2 is 0.878 bits per heavy atom. The molecule has 0 saturated carbocycles. The Morgan fingerprint density at radius 3 is 1.46 bits per heavy atom. The van der Waals surface area contributed by atoms with Crippen LogP contribution < -0.4 is 15.9 Å². The zero-order chi connectivity index (χ0) is 27.6. The van der Waals surface area contributed by atoms with Crippen LogP contribution in [0.1, 0.15) is 0 Å². The molecule has 0 aliphatic rings. The molecule has 0 aromatic heterocycles. The fraction of sp³-hybridized carbons (Fsp3) is 0. The van der Waals surface area contributed by atoms with Gasteiger partial charge in [-0.15, -0.1) is 0 Å². The lowest BCUT2D eigenvalue weighted by molar-refractivity contribution is 0.592. The molecule has 7 rings (SSSR count). The molecule has 0 fully saturated rings. The maximum absolute atomic E-state index is 15.9. The second kappa shape index (κ2) is 10.9. The molecule has 7 aromatic carbocycles. The van der Waals surface area contributed by atoms with E-state index in [2.05, 4.69) is 97.1 Å². The number of fused-ring (bicyclic) bond motifs is 2. The second-order valence-electron chi connectivity index (χ2n) is 10.0. The predicted octanol–water partition coefficient (Wildman–Crippen LogP) is 9.45. The van der Waals surface area contributed by atoms with Gasteiger partial charge in [0.05, 0.1) is 0 Å². The SMILES string of the molecule is O=P(c1ccccc1)(c1ccccc1)c1ccc2ccccc2c1-c1c(Sc2ccccc2)ccc2ccccc12. The first-order valence-electron chi connectivity index (χ1n) is 13.7. The molecule has 0 aliphatic carbocycles. The zero-order valence-electron chi connectivity index (χ0n) is 22.4.